The van der Waals surface area contributed by atoms with Crippen LogP contribution in [-0.2, 0) is 0 Å². The number of carbonyl (C=O) groups is 2. The molecule has 0 bridgehead atoms. The highest BCUT2D eigenvalue weighted by Crippen LogP contribution is 2.19. The van der Waals surface area contributed by atoms with E-state index in [0.717, 1.165) is 35.8 Å². The molecular weight excluding hydrogens is 442 g/mol. The number of anilines is 3. The second kappa shape index (κ2) is 10.9. The van der Waals surface area contributed by atoms with Gasteiger partial charge in [0.15, 0.2) is 0 Å². The van der Waals surface area contributed by atoms with Crippen molar-refractivity contribution >= 4 is 29.1 Å². The fraction of sp³-hybridized carbons (Fsp3) is 0.296. The van der Waals surface area contributed by atoms with Gasteiger partial charge in [-0.05, 0) is 79.9 Å². The summed E-state index contributed by atoms with van der Waals surface area (Å²) < 4.78 is 5.18. The number of methoxy groups -OCH3 is 1. The largest absolute Gasteiger partial charge is 0.497 e. The quantitative estimate of drug-likeness (QED) is 0.561. The summed E-state index contributed by atoms with van der Waals surface area (Å²) in [6.07, 6.45) is 2.50. The van der Waals surface area contributed by atoms with Gasteiger partial charge in [0, 0.05) is 37.4 Å². The monoisotopic (exact) mass is 473 g/mol. The summed E-state index contributed by atoms with van der Waals surface area (Å²) in [6.45, 7) is 6.85. The van der Waals surface area contributed by atoms with Gasteiger partial charge < -0.3 is 25.2 Å². The topological polar surface area (TPSA) is 86.8 Å². The Hall–Kier alpha value is -4.07. The molecule has 8 heteroatoms. The van der Waals surface area contributed by atoms with Gasteiger partial charge in [-0.3, -0.25) is 4.79 Å². The Morgan fingerprint density at radius 1 is 0.857 bits per heavy atom. The molecule has 1 aliphatic rings. The average molecular weight is 474 g/mol. The Kier molecular flexibility index (Phi) is 7.50. The number of amides is 3. The van der Waals surface area contributed by atoms with Gasteiger partial charge in [0.2, 0.25) is 0 Å². The number of nitrogens with one attached hydrogen (secondary N) is 2. The lowest BCUT2D eigenvalue weighted by Gasteiger charge is -2.23. The Labute approximate surface area is 205 Å². The highest BCUT2D eigenvalue weighted by atomic mass is 16.5. The van der Waals surface area contributed by atoms with Crippen molar-refractivity contribution in [2.75, 3.05) is 48.8 Å². The van der Waals surface area contributed by atoms with Gasteiger partial charge in [-0.1, -0.05) is 6.07 Å². The van der Waals surface area contributed by atoms with Crippen LogP contribution in [0.2, 0.25) is 0 Å². The van der Waals surface area contributed by atoms with Crippen LogP contribution in [0.4, 0.5) is 22.0 Å². The van der Waals surface area contributed by atoms with Crippen LogP contribution in [0.1, 0.15) is 27.9 Å². The number of carbonyl (C=O) groups excluding carboxylic acids is 2. The van der Waals surface area contributed by atoms with E-state index in [0.29, 0.717) is 30.9 Å². The zero-order valence-corrected chi connectivity index (χ0v) is 20.4. The molecule has 0 unspecified atom stereocenters. The van der Waals surface area contributed by atoms with Crippen LogP contribution in [0, 0.1) is 13.8 Å². The van der Waals surface area contributed by atoms with Gasteiger partial charge in [-0.15, -0.1) is 0 Å². The van der Waals surface area contributed by atoms with E-state index < -0.39 is 0 Å². The molecule has 3 aromatic rings. The van der Waals surface area contributed by atoms with Crippen molar-refractivity contribution in [1.82, 2.24) is 9.88 Å². The standard InChI is InChI=1S/C27H31N5O3/c1-19-5-8-22(17-20(19)2)29-27(34)30-23-9-12-25(28-18-23)31-13-4-14-32(16-15-31)26(33)21-6-10-24(35-3)11-7-21/h5-12,17-18H,4,13-16H2,1-3H3,(H2,29,30,34). The van der Waals surface area contributed by atoms with Crippen molar-refractivity contribution in [3.63, 3.8) is 0 Å². The van der Waals surface area contributed by atoms with Crippen molar-refractivity contribution < 1.29 is 14.3 Å². The number of nitrogens with zero attached hydrogens (tertiary/aromatic N) is 3. The van der Waals surface area contributed by atoms with Crippen LogP contribution in [0.25, 0.3) is 0 Å². The molecule has 2 heterocycles. The minimum atomic E-state index is -0.315. The molecule has 1 fully saturated rings. The number of ether oxygens (including phenoxy) is 1. The molecule has 1 aromatic heterocycles. The normalized spacial score (nSPS) is 13.7. The molecule has 0 radical (unpaired) electrons. The number of aromatic nitrogens is 1. The summed E-state index contributed by atoms with van der Waals surface area (Å²) in [7, 11) is 1.61. The third-order valence-corrected chi connectivity index (χ3v) is 6.21. The first-order valence-electron chi connectivity index (χ1n) is 11.7. The summed E-state index contributed by atoms with van der Waals surface area (Å²) >= 11 is 0. The van der Waals surface area contributed by atoms with Gasteiger partial charge in [0.1, 0.15) is 11.6 Å². The van der Waals surface area contributed by atoms with E-state index in [1.165, 1.54) is 5.56 Å². The number of rotatable bonds is 5. The molecule has 2 aromatic carbocycles. The number of benzene rings is 2. The molecule has 2 N–H and O–H groups in total. The molecule has 0 aliphatic carbocycles. The lowest BCUT2D eigenvalue weighted by molar-refractivity contribution is 0.0767. The maximum absolute atomic E-state index is 12.9. The fourth-order valence-electron chi connectivity index (χ4n) is 4.03. The van der Waals surface area contributed by atoms with Crippen LogP contribution in [0.5, 0.6) is 5.75 Å². The van der Waals surface area contributed by atoms with Gasteiger partial charge in [0.05, 0.1) is 19.0 Å². The molecule has 0 saturated carbocycles. The molecule has 0 atom stereocenters. The van der Waals surface area contributed by atoms with Crippen molar-refractivity contribution in [1.29, 1.82) is 0 Å². The summed E-state index contributed by atoms with van der Waals surface area (Å²) in [5, 5.41) is 5.67. The van der Waals surface area contributed by atoms with E-state index in [1.54, 1.807) is 37.6 Å². The van der Waals surface area contributed by atoms with Crippen LogP contribution in [0.3, 0.4) is 0 Å². The number of hydrogen-bond donors (Lipinski definition) is 2. The van der Waals surface area contributed by atoms with Gasteiger partial charge in [-0.2, -0.15) is 0 Å². The van der Waals surface area contributed by atoms with Crippen molar-refractivity contribution in [2.45, 2.75) is 20.3 Å². The van der Waals surface area contributed by atoms with E-state index in [-0.39, 0.29) is 11.9 Å². The molecule has 35 heavy (non-hydrogen) atoms. The first-order chi connectivity index (χ1) is 16.9. The summed E-state index contributed by atoms with van der Waals surface area (Å²) in [5.74, 6) is 1.58. The Balaban J connectivity index is 1.32. The predicted molar refractivity (Wildman–Crippen MR) is 139 cm³/mol. The Morgan fingerprint density at radius 3 is 2.29 bits per heavy atom. The zero-order valence-electron chi connectivity index (χ0n) is 20.4. The predicted octanol–water partition coefficient (Wildman–Crippen LogP) is 4.70. The van der Waals surface area contributed by atoms with Gasteiger partial charge in [0.25, 0.3) is 5.91 Å². The lowest BCUT2D eigenvalue weighted by Crippen LogP contribution is -2.35. The Bertz CT molecular complexity index is 1180. The minimum Gasteiger partial charge on any atom is -0.497 e. The van der Waals surface area contributed by atoms with Crippen LogP contribution in [-0.4, -0.2) is 55.1 Å². The summed E-state index contributed by atoms with van der Waals surface area (Å²) in [6, 6.07) is 16.4. The third-order valence-electron chi connectivity index (χ3n) is 6.21. The SMILES string of the molecule is COc1ccc(C(=O)N2CCCN(c3ccc(NC(=O)Nc4ccc(C)c(C)c4)cn3)CC2)cc1. The first-order valence-corrected chi connectivity index (χ1v) is 11.7. The zero-order chi connectivity index (χ0) is 24.8. The van der Waals surface area contributed by atoms with Crippen molar-refractivity contribution in [3.05, 3.63) is 77.5 Å². The number of aryl methyl sites for hydroxylation is 2. The second-order valence-electron chi connectivity index (χ2n) is 8.64. The highest BCUT2D eigenvalue weighted by molar-refractivity contribution is 5.99. The number of urea groups is 1. The molecule has 0 spiro atoms. The molecule has 8 nitrogen and oxygen atoms in total. The smallest absolute Gasteiger partial charge is 0.323 e. The number of pyridine rings is 1. The molecule has 3 amide bonds. The molecule has 1 aliphatic heterocycles. The molecule has 1 saturated heterocycles. The first kappa shape index (κ1) is 24.1. The van der Waals surface area contributed by atoms with Crippen molar-refractivity contribution in [2.24, 2.45) is 0 Å². The number of hydrogen-bond acceptors (Lipinski definition) is 5. The highest BCUT2D eigenvalue weighted by Gasteiger charge is 2.21. The van der Waals surface area contributed by atoms with E-state index in [4.69, 9.17) is 4.74 Å². The van der Waals surface area contributed by atoms with Crippen LogP contribution < -0.4 is 20.3 Å². The van der Waals surface area contributed by atoms with E-state index in [2.05, 4.69) is 20.5 Å². The minimum absolute atomic E-state index is 0.0248. The maximum Gasteiger partial charge on any atom is 0.323 e. The maximum atomic E-state index is 12.9. The fourth-order valence-corrected chi connectivity index (χ4v) is 4.03. The molecule has 4 rings (SSSR count). The Morgan fingerprint density at radius 2 is 1.60 bits per heavy atom. The molecule has 182 valence electrons. The summed E-state index contributed by atoms with van der Waals surface area (Å²) in [4.78, 5) is 33.9. The van der Waals surface area contributed by atoms with Gasteiger partial charge in [-0.25, -0.2) is 9.78 Å². The van der Waals surface area contributed by atoms with Crippen molar-refractivity contribution in [3.8, 4) is 5.75 Å². The second-order valence-corrected chi connectivity index (χ2v) is 8.64. The average Bonchev–Trinajstić information content (AvgIpc) is 3.13. The van der Waals surface area contributed by atoms with Crippen LogP contribution >= 0.6 is 0 Å². The van der Waals surface area contributed by atoms with E-state index >= 15 is 0 Å². The molecular formula is C27H31N5O3. The van der Waals surface area contributed by atoms with E-state index in [1.807, 2.05) is 49.1 Å². The summed E-state index contributed by atoms with van der Waals surface area (Å²) in [5.41, 5.74) is 4.31. The lowest BCUT2D eigenvalue weighted by atomic mass is 10.1. The van der Waals surface area contributed by atoms with Crippen LogP contribution in [0.15, 0.2) is 60.8 Å². The van der Waals surface area contributed by atoms with E-state index in [9.17, 15) is 9.59 Å². The third kappa shape index (κ3) is 6.09. The van der Waals surface area contributed by atoms with Gasteiger partial charge >= 0.3 is 6.03 Å².